The molecule has 1 heterocycles. The van der Waals surface area contributed by atoms with Gasteiger partial charge in [0.1, 0.15) is 18.1 Å². The maximum absolute atomic E-state index is 11.7. The van der Waals surface area contributed by atoms with Gasteiger partial charge in [0.15, 0.2) is 0 Å². The van der Waals surface area contributed by atoms with Crippen LogP contribution in [0, 0.1) is 5.92 Å². The highest BCUT2D eigenvalue weighted by Crippen LogP contribution is 2.05. The van der Waals surface area contributed by atoms with Gasteiger partial charge in [-0.25, -0.2) is 9.97 Å². The highest BCUT2D eigenvalue weighted by atomic mass is 16.2. The lowest BCUT2D eigenvalue weighted by molar-refractivity contribution is -0.120. The Hall–Kier alpha value is -1.98. The van der Waals surface area contributed by atoms with Gasteiger partial charge >= 0.3 is 0 Å². The third kappa shape index (κ3) is 4.18. The molecule has 6 nitrogen and oxygen atoms in total. The Labute approximate surface area is 99.6 Å². The summed E-state index contributed by atoms with van der Waals surface area (Å²) < 4.78 is 0. The van der Waals surface area contributed by atoms with Crippen molar-refractivity contribution in [3.05, 3.63) is 24.3 Å². The second-order valence-electron chi connectivity index (χ2n) is 4.15. The molecule has 1 unspecified atom stereocenters. The van der Waals surface area contributed by atoms with E-state index in [0.717, 1.165) is 0 Å². The Morgan fingerprint density at radius 3 is 2.65 bits per heavy atom. The first-order valence-electron chi connectivity index (χ1n) is 5.37. The maximum atomic E-state index is 11.7. The number of rotatable bonds is 5. The summed E-state index contributed by atoms with van der Waals surface area (Å²) in [6.07, 6.45) is 3.24. The van der Waals surface area contributed by atoms with E-state index in [1.165, 1.54) is 18.6 Å². The van der Waals surface area contributed by atoms with Gasteiger partial charge < -0.3 is 11.1 Å². The molecule has 0 aliphatic rings. The molecule has 0 radical (unpaired) electrons. The average molecular weight is 236 g/mol. The molecule has 0 saturated heterocycles. The van der Waals surface area contributed by atoms with E-state index in [1.54, 1.807) is 0 Å². The molecule has 0 bridgehead atoms. The highest BCUT2D eigenvalue weighted by Gasteiger charge is 2.20. The minimum absolute atomic E-state index is 0.218. The third-order valence-electron chi connectivity index (χ3n) is 2.17. The number of carbonyl (C=O) groups is 2. The Balaban J connectivity index is 2.68. The van der Waals surface area contributed by atoms with Crippen molar-refractivity contribution >= 4 is 11.8 Å². The van der Waals surface area contributed by atoms with Gasteiger partial charge in [0.25, 0.3) is 5.91 Å². The first-order chi connectivity index (χ1) is 8.00. The van der Waals surface area contributed by atoms with Gasteiger partial charge in [-0.2, -0.15) is 0 Å². The lowest BCUT2D eigenvalue weighted by Crippen LogP contribution is -2.45. The van der Waals surface area contributed by atoms with Crippen molar-refractivity contribution in [3.63, 3.8) is 0 Å². The number of nitrogens with zero attached hydrogens (tertiary/aromatic N) is 2. The predicted molar refractivity (Wildman–Crippen MR) is 61.9 cm³/mol. The third-order valence-corrected chi connectivity index (χ3v) is 2.17. The van der Waals surface area contributed by atoms with Crippen molar-refractivity contribution in [3.8, 4) is 0 Å². The van der Waals surface area contributed by atoms with Crippen LogP contribution in [0.1, 0.15) is 30.8 Å². The van der Waals surface area contributed by atoms with E-state index >= 15 is 0 Å². The number of nitrogens with one attached hydrogen (secondary N) is 1. The molecule has 92 valence electrons. The van der Waals surface area contributed by atoms with Crippen LogP contribution in [0.5, 0.6) is 0 Å². The fourth-order valence-electron chi connectivity index (χ4n) is 1.37. The molecule has 0 saturated carbocycles. The summed E-state index contributed by atoms with van der Waals surface area (Å²) >= 11 is 0. The summed E-state index contributed by atoms with van der Waals surface area (Å²) in [5, 5.41) is 2.56. The predicted octanol–water partition coefficient (Wildman–Crippen LogP) is 0.106. The Morgan fingerprint density at radius 2 is 2.18 bits per heavy atom. The van der Waals surface area contributed by atoms with Crippen molar-refractivity contribution in [1.82, 2.24) is 15.3 Å². The standard InChI is InChI=1S/C11H16N4O2/c1-7(2)5-9(10(12)16)15-11(17)8-3-4-13-6-14-8/h3-4,6-7,9H,5H2,1-2H3,(H2,12,16)(H,15,17). The van der Waals surface area contributed by atoms with Crippen molar-refractivity contribution in [1.29, 1.82) is 0 Å². The van der Waals surface area contributed by atoms with Crippen LogP contribution in [-0.4, -0.2) is 27.8 Å². The Bertz CT molecular complexity index is 392. The van der Waals surface area contributed by atoms with Crippen LogP contribution in [0.15, 0.2) is 18.6 Å². The number of hydrogen-bond donors (Lipinski definition) is 2. The molecule has 1 rings (SSSR count). The smallest absolute Gasteiger partial charge is 0.270 e. The van der Waals surface area contributed by atoms with Crippen LogP contribution in [0.25, 0.3) is 0 Å². The van der Waals surface area contributed by atoms with Gasteiger partial charge in [0.2, 0.25) is 5.91 Å². The van der Waals surface area contributed by atoms with E-state index in [2.05, 4.69) is 15.3 Å². The van der Waals surface area contributed by atoms with Crippen LogP contribution in [0.4, 0.5) is 0 Å². The molecule has 17 heavy (non-hydrogen) atoms. The molecule has 2 amide bonds. The van der Waals surface area contributed by atoms with E-state index < -0.39 is 17.9 Å². The fourth-order valence-corrected chi connectivity index (χ4v) is 1.37. The van der Waals surface area contributed by atoms with Crippen molar-refractivity contribution in [2.75, 3.05) is 0 Å². The van der Waals surface area contributed by atoms with Crippen molar-refractivity contribution < 1.29 is 9.59 Å². The molecular weight excluding hydrogens is 220 g/mol. The quantitative estimate of drug-likeness (QED) is 0.757. The minimum Gasteiger partial charge on any atom is -0.368 e. The zero-order chi connectivity index (χ0) is 12.8. The molecule has 6 heteroatoms. The van der Waals surface area contributed by atoms with E-state index in [1.807, 2.05) is 13.8 Å². The summed E-state index contributed by atoms with van der Waals surface area (Å²) in [5.41, 5.74) is 5.44. The van der Waals surface area contributed by atoms with Gasteiger partial charge in [-0.15, -0.1) is 0 Å². The molecule has 1 atom stereocenters. The van der Waals surface area contributed by atoms with E-state index in [9.17, 15) is 9.59 Å². The molecule has 3 N–H and O–H groups in total. The second-order valence-corrected chi connectivity index (χ2v) is 4.15. The molecule has 0 aliphatic carbocycles. The molecular formula is C11H16N4O2. The summed E-state index contributed by atoms with van der Waals surface area (Å²) in [5.74, 6) is -0.698. The summed E-state index contributed by atoms with van der Waals surface area (Å²) in [4.78, 5) is 30.4. The van der Waals surface area contributed by atoms with Crippen LogP contribution in [0.2, 0.25) is 0 Å². The zero-order valence-corrected chi connectivity index (χ0v) is 9.88. The maximum Gasteiger partial charge on any atom is 0.270 e. The number of primary amides is 1. The van der Waals surface area contributed by atoms with Gasteiger partial charge in [-0.3, -0.25) is 9.59 Å². The summed E-state index contributed by atoms with van der Waals surface area (Å²) in [7, 11) is 0. The lowest BCUT2D eigenvalue weighted by Gasteiger charge is -2.16. The SMILES string of the molecule is CC(C)CC(NC(=O)c1ccncn1)C(N)=O. The van der Waals surface area contributed by atoms with Crippen LogP contribution in [0.3, 0.4) is 0 Å². The normalized spacial score (nSPS) is 12.2. The topological polar surface area (TPSA) is 98.0 Å². The summed E-state index contributed by atoms with van der Waals surface area (Å²) in [6, 6.07) is 0.806. The second kappa shape index (κ2) is 5.93. The molecule has 0 fully saturated rings. The molecule has 0 aromatic carbocycles. The Morgan fingerprint density at radius 1 is 1.47 bits per heavy atom. The molecule has 1 aromatic heterocycles. The van der Waals surface area contributed by atoms with Gasteiger partial charge in [-0.05, 0) is 18.4 Å². The molecule has 0 spiro atoms. The number of nitrogens with two attached hydrogens (primary N) is 1. The molecule has 1 aromatic rings. The van der Waals surface area contributed by atoms with Gasteiger partial charge in [0, 0.05) is 6.20 Å². The van der Waals surface area contributed by atoms with Crippen LogP contribution < -0.4 is 11.1 Å². The fraction of sp³-hybridized carbons (Fsp3) is 0.455. The zero-order valence-electron chi connectivity index (χ0n) is 9.88. The van der Waals surface area contributed by atoms with E-state index in [-0.39, 0.29) is 11.6 Å². The van der Waals surface area contributed by atoms with Gasteiger partial charge in [0.05, 0.1) is 0 Å². The number of carbonyl (C=O) groups excluding carboxylic acids is 2. The number of aromatic nitrogens is 2. The first-order valence-corrected chi connectivity index (χ1v) is 5.37. The monoisotopic (exact) mass is 236 g/mol. The van der Waals surface area contributed by atoms with E-state index in [4.69, 9.17) is 5.73 Å². The largest absolute Gasteiger partial charge is 0.368 e. The van der Waals surface area contributed by atoms with Crippen molar-refractivity contribution in [2.45, 2.75) is 26.3 Å². The Kier molecular flexibility index (Phi) is 4.56. The highest BCUT2D eigenvalue weighted by molar-refractivity contribution is 5.95. The number of hydrogen-bond acceptors (Lipinski definition) is 4. The minimum atomic E-state index is -0.669. The van der Waals surface area contributed by atoms with Crippen molar-refractivity contribution in [2.24, 2.45) is 11.7 Å². The molecule has 0 aliphatic heterocycles. The van der Waals surface area contributed by atoms with Crippen LogP contribution >= 0.6 is 0 Å². The van der Waals surface area contributed by atoms with E-state index in [0.29, 0.717) is 6.42 Å². The lowest BCUT2D eigenvalue weighted by atomic mass is 10.0. The first kappa shape index (κ1) is 13.1. The average Bonchev–Trinajstić information content (AvgIpc) is 2.28. The summed E-state index contributed by atoms with van der Waals surface area (Å²) in [6.45, 7) is 3.90. The number of amides is 2. The van der Waals surface area contributed by atoms with Crippen LogP contribution in [-0.2, 0) is 4.79 Å². The van der Waals surface area contributed by atoms with Gasteiger partial charge in [-0.1, -0.05) is 13.8 Å².